The molecular formula is C17H21N2O7P. The van der Waals surface area contributed by atoms with Gasteiger partial charge in [0.05, 0.1) is 17.7 Å². The molecule has 0 spiro atoms. The maximum atomic E-state index is 12.4. The first-order valence-electron chi connectivity index (χ1n) is 8.46. The molecule has 0 bridgehead atoms. The van der Waals surface area contributed by atoms with Crippen LogP contribution >= 0.6 is 7.82 Å². The molecule has 1 aromatic carbocycles. The second kappa shape index (κ2) is 7.23. The molecule has 146 valence electrons. The lowest BCUT2D eigenvalue weighted by Crippen LogP contribution is -2.55. The molecular weight excluding hydrogens is 375 g/mol. The van der Waals surface area contributed by atoms with E-state index < -0.39 is 32.4 Å². The van der Waals surface area contributed by atoms with Crippen LogP contribution in [-0.2, 0) is 18.6 Å². The zero-order valence-corrected chi connectivity index (χ0v) is 15.9. The van der Waals surface area contributed by atoms with E-state index in [4.69, 9.17) is 19.3 Å². The Labute approximate surface area is 156 Å². The number of hydrogen-bond donors (Lipinski definition) is 2. The van der Waals surface area contributed by atoms with Gasteiger partial charge in [0.2, 0.25) is 5.91 Å². The molecule has 0 saturated carbocycles. The number of ether oxygens (including phenoxy) is 2. The zero-order chi connectivity index (χ0) is 19.8. The van der Waals surface area contributed by atoms with Crippen molar-refractivity contribution in [3.8, 4) is 11.8 Å². The summed E-state index contributed by atoms with van der Waals surface area (Å²) in [7, 11) is -4.70. The minimum Gasteiger partial charge on any atom is -0.485 e. The molecule has 0 aromatic heterocycles. The van der Waals surface area contributed by atoms with E-state index in [0.717, 1.165) is 0 Å². The number of phosphoric acid groups is 1. The number of carbonyl (C=O) groups excluding carboxylic acids is 1. The summed E-state index contributed by atoms with van der Waals surface area (Å²) in [5, 5.41) is 9.23. The molecule has 27 heavy (non-hydrogen) atoms. The molecule has 2 aliphatic heterocycles. The van der Waals surface area contributed by atoms with Crippen LogP contribution < -0.4 is 4.74 Å². The summed E-state index contributed by atoms with van der Waals surface area (Å²) in [6.07, 6.45) is 0.361. The number of amides is 1. The quantitative estimate of drug-likeness (QED) is 0.570. The maximum absolute atomic E-state index is 12.4. The Morgan fingerprint density at radius 3 is 2.78 bits per heavy atom. The molecule has 1 fully saturated rings. The molecule has 1 amide bonds. The average molecular weight is 396 g/mol. The molecule has 2 N–H and O–H groups in total. The van der Waals surface area contributed by atoms with Gasteiger partial charge in [-0.3, -0.25) is 9.32 Å². The number of likely N-dealkylation sites (tertiary alicyclic amines) is 1. The van der Waals surface area contributed by atoms with E-state index in [1.165, 1.54) is 0 Å². The summed E-state index contributed by atoms with van der Waals surface area (Å²) in [4.78, 5) is 31.9. The van der Waals surface area contributed by atoms with E-state index in [2.05, 4.69) is 10.6 Å². The lowest BCUT2D eigenvalue weighted by atomic mass is 9.85. The van der Waals surface area contributed by atoms with Gasteiger partial charge in [-0.05, 0) is 38.5 Å². The highest BCUT2D eigenvalue weighted by Gasteiger charge is 2.49. The predicted molar refractivity (Wildman–Crippen MR) is 92.4 cm³/mol. The van der Waals surface area contributed by atoms with Gasteiger partial charge >= 0.3 is 7.82 Å². The van der Waals surface area contributed by atoms with Crippen LogP contribution in [0.2, 0.25) is 0 Å². The van der Waals surface area contributed by atoms with Crippen LogP contribution in [0.4, 0.5) is 0 Å². The summed E-state index contributed by atoms with van der Waals surface area (Å²) in [5.41, 5.74) is 0.135. The minimum atomic E-state index is -4.70. The summed E-state index contributed by atoms with van der Waals surface area (Å²) >= 11 is 0. The number of rotatable bonds is 5. The average Bonchev–Trinajstić information content (AvgIpc) is 2.99. The molecule has 3 rings (SSSR count). The third-order valence-electron chi connectivity index (χ3n) is 4.72. The minimum absolute atomic E-state index is 0.0458. The number of fused-ring (bicyclic) bond motifs is 1. The molecule has 2 aliphatic rings. The number of nitriles is 1. The van der Waals surface area contributed by atoms with E-state index in [1.54, 1.807) is 36.9 Å². The first kappa shape index (κ1) is 19.8. The highest BCUT2D eigenvalue weighted by atomic mass is 31.2. The standard InChI is InChI=1S/C17H21N2O7P/c1-17(2)16(24-10-25-27(21,22)23)15(19-7-3-4-14(19)20)12-8-11(9-18)5-6-13(12)26-17/h5-6,8,15-16H,3-4,7,10H2,1-2H3,(H2,21,22,23)/t15-,16+/m1/s1. The van der Waals surface area contributed by atoms with Crippen molar-refractivity contribution < 1.29 is 33.1 Å². The molecule has 10 heteroatoms. The van der Waals surface area contributed by atoms with Crippen molar-refractivity contribution in [2.24, 2.45) is 0 Å². The maximum Gasteiger partial charge on any atom is 0.471 e. The molecule has 2 atom stereocenters. The van der Waals surface area contributed by atoms with Crippen LogP contribution in [0.25, 0.3) is 0 Å². The van der Waals surface area contributed by atoms with Gasteiger partial charge in [0.15, 0.2) is 6.79 Å². The van der Waals surface area contributed by atoms with Crippen molar-refractivity contribution in [3.63, 3.8) is 0 Å². The highest BCUT2D eigenvalue weighted by Crippen LogP contribution is 2.46. The van der Waals surface area contributed by atoms with Crippen molar-refractivity contribution in [2.45, 2.75) is 44.4 Å². The van der Waals surface area contributed by atoms with E-state index >= 15 is 0 Å². The monoisotopic (exact) mass is 396 g/mol. The van der Waals surface area contributed by atoms with Crippen molar-refractivity contribution in [1.82, 2.24) is 4.90 Å². The largest absolute Gasteiger partial charge is 0.485 e. The molecule has 9 nitrogen and oxygen atoms in total. The van der Waals surface area contributed by atoms with Crippen LogP contribution in [0.1, 0.15) is 43.9 Å². The second-order valence-electron chi connectivity index (χ2n) is 7.03. The van der Waals surface area contributed by atoms with Crippen LogP contribution in [0.3, 0.4) is 0 Å². The van der Waals surface area contributed by atoms with E-state index in [-0.39, 0.29) is 5.91 Å². The Bertz CT molecular complexity index is 829. The number of phosphoric ester groups is 1. The summed E-state index contributed by atoms with van der Waals surface area (Å²) < 4.78 is 27.1. The number of nitrogens with zero attached hydrogens (tertiary/aromatic N) is 2. The van der Waals surface area contributed by atoms with E-state index in [9.17, 15) is 14.6 Å². The lowest BCUT2D eigenvalue weighted by molar-refractivity contribution is -0.166. The Balaban J connectivity index is 2.01. The summed E-state index contributed by atoms with van der Waals surface area (Å²) in [5.74, 6) is 0.495. The summed E-state index contributed by atoms with van der Waals surface area (Å²) in [6, 6.07) is 6.48. The number of hydrogen-bond acceptors (Lipinski definition) is 6. The highest BCUT2D eigenvalue weighted by molar-refractivity contribution is 7.46. The molecule has 1 aromatic rings. The summed E-state index contributed by atoms with van der Waals surface area (Å²) in [6.45, 7) is 3.40. The van der Waals surface area contributed by atoms with Gasteiger partial charge in [0, 0.05) is 18.5 Å². The number of carbonyl (C=O) groups is 1. The van der Waals surface area contributed by atoms with E-state index in [0.29, 0.717) is 36.3 Å². The Hall–Kier alpha value is -1.95. The topological polar surface area (TPSA) is 129 Å². The van der Waals surface area contributed by atoms with Gasteiger partial charge in [0.25, 0.3) is 0 Å². The Morgan fingerprint density at radius 2 is 2.19 bits per heavy atom. The van der Waals surface area contributed by atoms with Gasteiger partial charge in [-0.15, -0.1) is 0 Å². The number of benzene rings is 1. The molecule has 2 heterocycles. The van der Waals surface area contributed by atoms with Gasteiger partial charge < -0.3 is 24.2 Å². The third kappa shape index (κ3) is 4.15. The normalized spacial score (nSPS) is 24.3. The lowest BCUT2D eigenvalue weighted by Gasteiger charge is -2.47. The van der Waals surface area contributed by atoms with Crippen molar-refractivity contribution in [2.75, 3.05) is 13.3 Å². The fourth-order valence-corrected chi connectivity index (χ4v) is 3.78. The van der Waals surface area contributed by atoms with E-state index in [1.807, 2.05) is 0 Å². The van der Waals surface area contributed by atoms with Gasteiger partial charge in [-0.1, -0.05) is 0 Å². The first-order valence-corrected chi connectivity index (χ1v) is 9.99. The van der Waals surface area contributed by atoms with Crippen molar-refractivity contribution in [1.29, 1.82) is 5.26 Å². The Kier molecular flexibility index (Phi) is 5.30. The van der Waals surface area contributed by atoms with Crippen LogP contribution in [-0.4, -0.2) is 45.6 Å². The second-order valence-corrected chi connectivity index (χ2v) is 8.27. The molecule has 1 saturated heterocycles. The zero-order valence-electron chi connectivity index (χ0n) is 15.0. The van der Waals surface area contributed by atoms with Crippen molar-refractivity contribution >= 4 is 13.7 Å². The van der Waals surface area contributed by atoms with Gasteiger partial charge in [-0.2, -0.15) is 5.26 Å². The van der Waals surface area contributed by atoms with Gasteiger partial charge in [-0.25, -0.2) is 4.57 Å². The first-order chi connectivity index (χ1) is 12.6. The fraction of sp³-hybridized carbons (Fsp3) is 0.529. The SMILES string of the molecule is CC1(C)Oc2ccc(C#N)cc2[C@@H](N2CCCC2=O)[C@@H]1OCOP(=O)(O)O. The predicted octanol–water partition coefficient (Wildman–Crippen LogP) is 1.84. The Morgan fingerprint density at radius 1 is 1.44 bits per heavy atom. The van der Waals surface area contributed by atoms with Crippen LogP contribution in [0.15, 0.2) is 18.2 Å². The third-order valence-corrected chi connectivity index (χ3v) is 5.16. The smallest absolute Gasteiger partial charge is 0.471 e. The fourth-order valence-electron chi connectivity index (χ4n) is 3.59. The van der Waals surface area contributed by atoms with Gasteiger partial charge in [0.1, 0.15) is 17.5 Å². The van der Waals surface area contributed by atoms with Crippen molar-refractivity contribution in [3.05, 3.63) is 29.3 Å². The molecule has 0 unspecified atom stereocenters. The molecule has 0 radical (unpaired) electrons. The van der Waals surface area contributed by atoms with Crippen LogP contribution in [0.5, 0.6) is 5.75 Å². The van der Waals surface area contributed by atoms with Crippen LogP contribution in [0, 0.1) is 11.3 Å². The molecule has 0 aliphatic carbocycles.